The number of unbranched alkanes of at least 4 members (excludes halogenated alkanes) is 16. The number of carbonyl (C=O) groups is 2. The van der Waals surface area contributed by atoms with Gasteiger partial charge in [-0.2, -0.15) is 0 Å². The monoisotopic (exact) mass is 939 g/mol. The molecule has 0 radical (unpaired) electrons. The Balaban J connectivity index is 2.33. The minimum Gasteiger partial charge on any atom is -0.462 e. The quantitative estimate of drug-likeness (QED) is 0.0264. The maximum absolute atomic E-state index is 12.8. The average molecular weight is 939 g/mol. The lowest BCUT2D eigenvalue weighted by molar-refractivity contribution is -0.305. The summed E-state index contributed by atoms with van der Waals surface area (Å²) in [5.74, 6) is -0.959. The van der Waals surface area contributed by atoms with Crippen molar-refractivity contribution in [2.45, 2.75) is 230 Å². The second-order valence-electron chi connectivity index (χ2n) is 17.6. The maximum Gasteiger partial charge on any atom is 0.306 e. The van der Waals surface area contributed by atoms with Crippen molar-refractivity contribution in [1.82, 2.24) is 0 Å². The van der Waals surface area contributed by atoms with Crippen LogP contribution in [0, 0.1) is 0 Å². The molecule has 1 aliphatic heterocycles. The van der Waals surface area contributed by atoms with Gasteiger partial charge in [0.1, 0.15) is 31.0 Å². The fraction of sp³-hybridized carbons (Fsp3) is 0.684. The molecule has 6 atom stereocenters. The van der Waals surface area contributed by atoms with Gasteiger partial charge in [-0.05, 0) is 83.5 Å². The summed E-state index contributed by atoms with van der Waals surface area (Å²) in [7, 11) is 0. The molecule has 0 aromatic carbocycles. The van der Waals surface area contributed by atoms with Crippen molar-refractivity contribution in [3.63, 3.8) is 0 Å². The van der Waals surface area contributed by atoms with E-state index in [0.29, 0.717) is 12.8 Å². The van der Waals surface area contributed by atoms with E-state index >= 15 is 0 Å². The molecule has 10 heteroatoms. The molecule has 0 aliphatic carbocycles. The summed E-state index contributed by atoms with van der Waals surface area (Å²) < 4.78 is 22.1. The van der Waals surface area contributed by atoms with Gasteiger partial charge in [-0.3, -0.25) is 9.59 Å². The summed E-state index contributed by atoms with van der Waals surface area (Å²) >= 11 is 0. The second-order valence-corrected chi connectivity index (χ2v) is 17.6. The Bertz CT molecular complexity index is 1410. The summed E-state index contributed by atoms with van der Waals surface area (Å²) in [5, 5.41) is 40.2. The molecule has 1 saturated heterocycles. The van der Waals surface area contributed by atoms with Gasteiger partial charge in [0.25, 0.3) is 0 Å². The number of esters is 2. The zero-order chi connectivity index (χ0) is 48.7. The molecule has 67 heavy (non-hydrogen) atoms. The van der Waals surface area contributed by atoms with Crippen molar-refractivity contribution in [1.29, 1.82) is 0 Å². The molecule has 0 aromatic rings. The summed E-state index contributed by atoms with van der Waals surface area (Å²) in [5.41, 5.74) is 0. The third-order valence-electron chi connectivity index (χ3n) is 11.4. The molecule has 0 amide bonds. The summed E-state index contributed by atoms with van der Waals surface area (Å²) in [4.78, 5) is 25.4. The third-order valence-corrected chi connectivity index (χ3v) is 11.4. The highest BCUT2D eigenvalue weighted by Crippen LogP contribution is 2.22. The Hall–Kier alpha value is -3.38. The van der Waals surface area contributed by atoms with Crippen LogP contribution in [0.4, 0.5) is 0 Å². The number of rotatable bonds is 43. The van der Waals surface area contributed by atoms with E-state index in [4.69, 9.17) is 18.9 Å². The Morgan fingerprint density at radius 3 is 1.43 bits per heavy atom. The number of aliphatic hydroxyl groups is 4. The first kappa shape index (κ1) is 61.6. The number of ether oxygens (including phenoxy) is 4. The van der Waals surface area contributed by atoms with E-state index in [1.54, 1.807) is 0 Å². The van der Waals surface area contributed by atoms with E-state index in [1.165, 1.54) is 89.9 Å². The molecular weight excluding hydrogens is 845 g/mol. The molecule has 1 rings (SSSR count). The van der Waals surface area contributed by atoms with Crippen LogP contribution in [0.3, 0.4) is 0 Å². The molecule has 382 valence electrons. The van der Waals surface area contributed by atoms with Crippen LogP contribution in [0.1, 0.15) is 194 Å². The number of carbonyl (C=O) groups excluding carboxylic acids is 2. The fourth-order valence-corrected chi connectivity index (χ4v) is 7.35. The molecule has 1 aliphatic rings. The lowest BCUT2D eigenvalue weighted by Crippen LogP contribution is -2.59. The number of allylic oxidation sites excluding steroid dienone is 16. The van der Waals surface area contributed by atoms with E-state index in [2.05, 4.69) is 98.9 Å². The van der Waals surface area contributed by atoms with Gasteiger partial charge in [0.15, 0.2) is 12.4 Å². The normalized spacial score (nSPS) is 19.9. The van der Waals surface area contributed by atoms with Crippen molar-refractivity contribution in [3.8, 4) is 0 Å². The fourth-order valence-electron chi connectivity index (χ4n) is 7.35. The zero-order valence-corrected chi connectivity index (χ0v) is 41.9. The number of aliphatic hydroxyl groups excluding tert-OH is 4. The summed E-state index contributed by atoms with van der Waals surface area (Å²) in [6.07, 6.45) is 55.9. The van der Waals surface area contributed by atoms with E-state index in [-0.39, 0.29) is 26.1 Å². The molecule has 4 N–H and O–H groups in total. The summed E-state index contributed by atoms with van der Waals surface area (Å²) in [6.45, 7) is 3.21. The van der Waals surface area contributed by atoms with Crippen molar-refractivity contribution in [3.05, 3.63) is 97.2 Å². The van der Waals surface area contributed by atoms with Gasteiger partial charge in [0, 0.05) is 12.8 Å². The largest absolute Gasteiger partial charge is 0.462 e. The van der Waals surface area contributed by atoms with Gasteiger partial charge < -0.3 is 39.4 Å². The van der Waals surface area contributed by atoms with Gasteiger partial charge >= 0.3 is 11.9 Å². The average Bonchev–Trinajstić information content (AvgIpc) is 3.33. The van der Waals surface area contributed by atoms with Gasteiger partial charge in [0.05, 0.1) is 13.2 Å². The molecular formula is C57H94O10. The van der Waals surface area contributed by atoms with Crippen LogP contribution in [0.2, 0.25) is 0 Å². The van der Waals surface area contributed by atoms with Crippen molar-refractivity contribution in [2.75, 3.05) is 19.8 Å². The Morgan fingerprint density at radius 1 is 0.478 bits per heavy atom. The number of hydrogen-bond acceptors (Lipinski definition) is 10. The third kappa shape index (κ3) is 37.2. The molecule has 0 saturated carbocycles. The smallest absolute Gasteiger partial charge is 0.306 e. The van der Waals surface area contributed by atoms with E-state index < -0.39 is 55.4 Å². The van der Waals surface area contributed by atoms with E-state index in [0.717, 1.165) is 64.2 Å². The predicted octanol–water partition coefficient (Wildman–Crippen LogP) is 12.7. The minimum atomic E-state index is -1.62. The molecule has 2 unspecified atom stereocenters. The van der Waals surface area contributed by atoms with Gasteiger partial charge in [0.2, 0.25) is 0 Å². The summed E-state index contributed by atoms with van der Waals surface area (Å²) in [6, 6.07) is 0. The highest BCUT2D eigenvalue weighted by molar-refractivity contribution is 5.70. The molecule has 10 nitrogen and oxygen atoms in total. The van der Waals surface area contributed by atoms with Crippen molar-refractivity contribution in [2.24, 2.45) is 0 Å². The lowest BCUT2D eigenvalue weighted by Gasteiger charge is -2.39. The topological polar surface area (TPSA) is 152 Å². The molecule has 0 spiro atoms. The Kier molecular flexibility index (Phi) is 42.6. The minimum absolute atomic E-state index is 0.0916. The van der Waals surface area contributed by atoms with Crippen LogP contribution in [0.25, 0.3) is 0 Å². The van der Waals surface area contributed by atoms with Crippen molar-refractivity contribution >= 4 is 11.9 Å². The van der Waals surface area contributed by atoms with Gasteiger partial charge in [-0.1, -0.05) is 195 Å². The van der Waals surface area contributed by atoms with Crippen LogP contribution in [0.15, 0.2) is 97.2 Å². The first-order valence-corrected chi connectivity index (χ1v) is 26.3. The molecule has 0 bridgehead atoms. The van der Waals surface area contributed by atoms with Gasteiger partial charge in [-0.15, -0.1) is 0 Å². The Morgan fingerprint density at radius 2 is 0.925 bits per heavy atom. The van der Waals surface area contributed by atoms with Gasteiger partial charge in [-0.25, -0.2) is 0 Å². The second kappa shape index (κ2) is 46.4. The van der Waals surface area contributed by atoms with E-state index in [9.17, 15) is 30.0 Å². The predicted molar refractivity (Wildman–Crippen MR) is 274 cm³/mol. The highest BCUT2D eigenvalue weighted by Gasteiger charge is 2.44. The number of hydrogen-bond donors (Lipinski definition) is 4. The molecule has 1 fully saturated rings. The van der Waals surface area contributed by atoms with Crippen LogP contribution >= 0.6 is 0 Å². The van der Waals surface area contributed by atoms with Crippen LogP contribution < -0.4 is 0 Å². The zero-order valence-electron chi connectivity index (χ0n) is 41.9. The molecule has 1 heterocycles. The van der Waals surface area contributed by atoms with Crippen LogP contribution in [0.5, 0.6) is 0 Å². The van der Waals surface area contributed by atoms with Crippen LogP contribution in [-0.4, -0.2) is 89.0 Å². The maximum atomic E-state index is 12.8. The first-order valence-electron chi connectivity index (χ1n) is 26.3. The standard InChI is InChI=1S/C57H94O10/c1-3-5-7-9-11-13-15-17-19-21-23-24-25-26-28-29-31-33-35-37-39-41-43-45-52(59)64-48-50(49-65-57-56(63)55(62)54(61)51(47-58)67-57)66-53(60)46-44-42-40-38-36-34-32-30-27-22-20-18-16-14-12-10-8-6-4-2/h6,8,12,14,18,20,27,29-31,34,36-37,39-40,42,50-51,54-58,61-63H,3-5,7,9-11,13,15-17,19,21-26,28,32-33,35,38,41,43-49H2,1-2H3/b8-6+,14-12+,20-18+,30-27+,31-29+,36-34+,39-37+,42-40+/t50-,51-,54+,55?,56?,57-/m0/s1. The van der Waals surface area contributed by atoms with Crippen LogP contribution in [-0.2, 0) is 28.5 Å². The van der Waals surface area contributed by atoms with E-state index in [1.807, 2.05) is 12.2 Å². The SMILES string of the molecule is CC/C=C/C/C=C/C/C=C/C/C=C/C/C=C/C/C=C/CCC(=O)O[C@@H](COC(=O)CCC/C=C/CC/C=C/CCCCCCCCCCCCCCCC)CO[C@H]1O[C@@H](CO)[C@@H](O)C(O)C1O. The Labute approximate surface area is 407 Å². The lowest BCUT2D eigenvalue weighted by atomic mass is 9.99. The highest BCUT2D eigenvalue weighted by atomic mass is 16.7. The molecule has 0 aromatic heterocycles. The first-order chi connectivity index (χ1) is 32.8. The van der Waals surface area contributed by atoms with Crippen molar-refractivity contribution < 1.29 is 49.0 Å².